The molecule has 0 rings (SSSR count). The fourth-order valence-corrected chi connectivity index (χ4v) is 1.09. The third-order valence-electron chi connectivity index (χ3n) is 1.92. The van der Waals surface area contributed by atoms with Gasteiger partial charge >= 0.3 is 0 Å². The van der Waals surface area contributed by atoms with Crippen LogP contribution in [0.4, 0.5) is 0 Å². The summed E-state index contributed by atoms with van der Waals surface area (Å²) in [6, 6.07) is 0. The van der Waals surface area contributed by atoms with Gasteiger partial charge in [-0.3, -0.25) is 0 Å². The van der Waals surface area contributed by atoms with E-state index >= 15 is 0 Å². The highest BCUT2D eigenvalue weighted by molar-refractivity contribution is 4.94. The van der Waals surface area contributed by atoms with E-state index in [4.69, 9.17) is 0 Å². The molecule has 0 amide bonds. The molecule has 0 aliphatic carbocycles. The summed E-state index contributed by atoms with van der Waals surface area (Å²) in [5, 5.41) is 3.41. The van der Waals surface area contributed by atoms with Gasteiger partial charge in [0.05, 0.1) is 0 Å². The lowest BCUT2D eigenvalue weighted by Gasteiger charge is -2.05. The van der Waals surface area contributed by atoms with E-state index in [0.717, 1.165) is 6.54 Å². The minimum Gasteiger partial charge on any atom is -0.389 e. The first kappa shape index (κ1) is 11.5. The standard InChI is InChI=1S/C11H23N/c1-4-6-8-10-12-11(3)9-7-5-2/h9,12H,4-8,10H2,1-3H3/b11-9-. The van der Waals surface area contributed by atoms with Crippen LogP contribution in [-0.2, 0) is 0 Å². The quantitative estimate of drug-likeness (QED) is 0.575. The molecule has 0 fully saturated rings. The Morgan fingerprint density at radius 2 is 1.92 bits per heavy atom. The van der Waals surface area contributed by atoms with Gasteiger partial charge in [-0.1, -0.05) is 39.2 Å². The highest BCUT2D eigenvalue weighted by Gasteiger charge is 1.87. The molecule has 1 nitrogen and oxygen atoms in total. The SMILES string of the molecule is CCC/C=C(/C)NCCCCC. The second-order valence-electron chi connectivity index (χ2n) is 3.31. The highest BCUT2D eigenvalue weighted by atomic mass is 14.9. The van der Waals surface area contributed by atoms with Gasteiger partial charge in [0.25, 0.3) is 0 Å². The van der Waals surface area contributed by atoms with Crippen molar-refractivity contribution in [2.45, 2.75) is 52.9 Å². The molecule has 0 aromatic carbocycles. The molecule has 0 unspecified atom stereocenters. The molecule has 0 spiro atoms. The fourth-order valence-electron chi connectivity index (χ4n) is 1.09. The maximum absolute atomic E-state index is 3.41. The van der Waals surface area contributed by atoms with Gasteiger partial charge in [0.2, 0.25) is 0 Å². The second kappa shape index (κ2) is 8.63. The van der Waals surface area contributed by atoms with Crippen LogP contribution in [0.5, 0.6) is 0 Å². The van der Waals surface area contributed by atoms with Gasteiger partial charge in [-0.15, -0.1) is 0 Å². The lowest BCUT2D eigenvalue weighted by atomic mass is 10.2. The Kier molecular flexibility index (Phi) is 8.30. The van der Waals surface area contributed by atoms with E-state index in [-0.39, 0.29) is 0 Å². The van der Waals surface area contributed by atoms with Gasteiger partial charge in [0.1, 0.15) is 0 Å². The minimum absolute atomic E-state index is 1.14. The zero-order valence-electron chi connectivity index (χ0n) is 8.82. The first-order valence-electron chi connectivity index (χ1n) is 5.21. The molecule has 0 radical (unpaired) electrons. The molecule has 12 heavy (non-hydrogen) atoms. The van der Waals surface area contributed by atoms with Crippen LogP contribution in [0.15, 0.2) is 11.8 Å². The van der Waals surface area contributed by atoms with Crippen LogP contribution in [0.3, 0.4) is 0 Å². The van der Waals surface area contributed by atoms with Crippen LogP contribution < -0.4 is 5.32 Å². The first-order valence-corrected chi connectivity index (χ1v) is 5.21. The molecule has 0 heterocycles. The minimum atomic E-state index is 1.14. The summed E-state index contributed by atoms with van der Waals surface area (Å²) in [6.07, 6.45) is 8.67. The lowest BCUT2D eigenvalue weighted by molar-refractivity contribution is 0.665. The Bertz CT molecular complexity index is 116. The van der Waals surface area contributed by atoms with Crippen molar-refractivity contribution in [3.05, 3.63) is 11.8 Å². The molecular formula is C11H23N. The maximum atomic E-state index is 3.41. The zero-order chi connectivity index (χ0) is 9.23. The van der Waals surface area contributed by atoms with Crippen molar-refractivity contribution in [1.29, 1.82) is 0 Å². The van der Waals surface area contributed by atoms with Crippen LogP contribution in [0.25, 0.3) is 0 Å². The molecule has 0 saturated heterocycles. The Morgan fingerprint density at radius 1 is 1.17 bits per heavy atom. The van der Waals surface area contributed by atoms with Crippen LogP contribution in [-0.4, -0.2) is 6.54 Å². The van der Waals surface area contributed by atoms with Crippen molar-refractivity contribution in [1.82, 2.24) is 5.32 Å². The van der Waals surface area contributed by atoms with Gasteiger partial charge in [0.15, 0.2) is 0 Å². The first-order chi connectivity index (χ1) is 5.81. The van der Waals surface area contributed by atoms with Crippen LogP contribution in [0.2, 0.25) is 0 Å². The summed E-state index contributed by atoms with van der Waals surface area (Å²) in [6.45, 7) is 7.74. The molecule has 0 aromatic rings. The molecule has 0 aliphatic rings. The molecule has 0 atom stereocenters. The van der Waals surface area contributed by atoms with Crippen molar-refractivity contribution in [2.24, 2.45) is 0 Å². The molecule has 0 saturated carbocycles. The highest BCUT2D eigenvalue weighted by Crippen LogP contribution is 1.96. The Balaban J connectivity index is 3.24. The molecule has 1 heteroatoms. The number of allylic oxidation sites excluding steroid dienone is 2. The van der Waals surface area contributed by atoms with Crippen molar-refractivity contribution >= 4 is 0 Å². The average Bonchev–Trinajstić information content (AvgIpc) is 2.09. The van der Waals surface area contributed by atoms with Crippen LogP contribution >= 0.6 is 0 Å². The van der Waals surface area contributed by atoms with Crippen molar-refractivity contribution in [3.8, 4) is 0 Å². The van der Waals surface area contributed by atoms with E-state index in [9.17, 15) is 0 Å². The average molecular weight is 169 g/mol. The molecule has 0 bridgehead atoms. The predicted molar refractivity (Wildman–Crippen MR) is 56.2 cm³/mol. The molecule has 72 valence electrons. The summed E-state index contributed by atoms with van der Waals surface area (Å²) in [5.41, 5.74) is 1.34. The van der Waals surface area contributed by atoms with E-state index in [1.165, 1.54) is 37.8 Å². The van der Waals surface area contributed by atoms with E-state index in [1.54, 1.807) is 0 Å². The van der Waals surface area contributed by atoms with E-state index in [1.807, 2.05) is 0 Å². The van der Waals surface area contributed by atoms with Gasteiger partial charge in [-0.2, -0.15) is 0 Å². The lowest BCUT2D eigenvalue weighted by Crippen LogP contribution is -2.12. The molecule has 0 aromatic heterocycles. The Labute approximate surface area is 77.2 Å². The summed E-state index contributed by atoms with van der Waals surface area (Å²) in [5.74, 6) is 0. The smallest absolute Gasteiger partial charge is 0.0143 e. The number of unbranched alkanes of at least 4 members (excludes halogenated alkanes) is 3. The molecule has 1 N–H and O–H groups in total. The molecular weight excluding hydrogens is 146 g/mol. The fraction of sp³-hybridized carbons (Fsp3) is 0.818. The van der Waals surface area contributed by atoms with Gasteiger partial charge in [-0.25, -0.2) is 0 Å². The van der Waals surface area contributed by atoms with Crippen LogP contribution in [0, 0.1) is 0 Å². The van der Waals surface area contributed by atoms with E-state index in [0.29, 0.717) is 0 Å². The largest absolute Gasteiger partial charge is 0.389 e. The monoisotopic (exact) mass is 169 g/mol. The van der Waals surface area contributed by atoms with E-state index < -0.39 is 0 Å². The van der Waals surface area contributed by atoms with Crippen molar-refractivity contribution in [3.63, 3.8) is 0 Å². The normalized spacial score (nSPS) is 11.8. The number of hydrogen-bond donors (Lipinski definition) is 1. The summed E-state index contributed by atoms with van der Waals surface area (Å²) >= 11 is 0. The number of hydrogen-bond acceptors (Lipinski definition) is 1. The number of rotatable bonds is 7. The zero-order valence-corrected chi connectivity index (χ0v) is 8.82. The molecule has 0 aliphatic heterocycles. The Hall–Kier alpha value is -0.460. The van der Waals surface area contributed by atoms with Gasteiger partial charge in [-0.05, 0) is 19.8 Å². The third-order valence-corrected chi connectivity index (χ3v) is 1.92. The topological polar surface area (TPSA) is 12.0 Å². The van der Waals surface area contributed by atoms with Gasteiger partial charge in [0, 0.05) is 12.2 Å². The van der Waals surface area contributed by atoms with Crippen LogP contribution in [0.1, 0.15) is 52.9 Å². The van der Waals surface area contributed by atoms with Gasteiger partial charge < -0.3 is 5.32 Å². The Morgan fingerprint density at radius 3 is 2.50 bits per heavy atom. The number of nitrogens with one attached hydrogen (secondary N) is 1. The van der Waals surface area contributed by atoms with Crippen molar-refractivity contribution in [2.75, 3.05) is 6.54 Å². The summed E-state index contributed by atoms with van der Waals surface area (Å²) in [7, 11) is 0. The predicted octanol–water partition coefficient (Wildman–Crippen LogP) is 3.47. The maximum Gasteiger partial charge on any atom is 0.0143 e. The summed E-state index contributed by atoms with van der Waals surface area (Å²) < 4.78 is 0. The third kappa shape index (κ3) is 7.64. The van der Waals surface area contributed by atoms with Crippen molar-refractivity contribution < 1.29 is 0 Å². The second-order valence-corrected chi connectivity index (χ2v) is 3.31. The summed E-state index contributed by atoms with van der Waals surface area (Å²) in [4.78, 5) is 0. The van der Waals surface area contributed by atoms with E-state index in [2.05, 4.69) is 32.2 Å².